The normalized spacial score (nSPS) is 25.3. The molecule has 5 nitrogen and oxygen atoms in total. The number of hydrogen-bond donors (Lipinski definition) is 1. The van der Waals surface area contributed by atoms with E-state index >= 15 is 0 Å². The first-order chi connectivity index (χ1) is 7.20. The van der Waals surface area contributed by atoms with Crippen LogP contribution in [0.15, 0.2) is 0 Å². The van der Waals surface area contributed by atoms with Crippen molar-refractivity contribution < 1.29 is 4.74 Å². The van der Waals surface area contributed by atoms with Crippen molar-refractivity contribution in [1.29, 1.82) is 0 Å². The summed E-state index contributed by atoms with van der Waals surface area (Å²) in [4.78, 5) is 0. The second-order valence-corrected chi connectivity index (χ2v) is 4.23. The molecule has 1 aromatic rings. The molecule has 0 bridgehead atoms. The topological polar surface area (TPSA) is 66.0 Å². The van der Waals surface area contributed by atoms with Crippen LogP contribution in [0.3, 0.4) is 0 Å². The van der Waals surface area contributed by atoms with E-state index < -0.39 is 0 Å². The zero-order chi connectivity index (χ0) is 10.8. The number of aromatic nitrogens is 3. The first kappa shape index (κ1) is 10.6. The Balaban J connectivity index is 1.77. The van der Waals surface area contributed by atoms with Gasteiger partial charge in [-0.1, -0.05) is 0 Å². The van der Waals surface area contributed by atoms with Gasteiger partial charge in [0.2, 0.25) is 0 Å². The number of nitrogens with two attached hydrogens (primary N) is 1. The second-order valence-electron chi connectivity index (χ2n) is 4.23. The van der Waals surface area contributed by atoms with Crippen LogP contribution < -0.4 is 5.73 Å². The third-order valence-corrected chi connectivity index (χ3v) is 3.16. The highest BCUT2D eigenvalue weighted by atomic mass is 16.5. The van der Waals surface area contributed by atoms with E-state index in [1.54, 1.807) is 0 Å². The van der Waals surface area contributed by atoms with Gasteiger partial charge in [0, 0.05) is 7.05 Å². The minimum Gasteiger partial charge on any atom is -0.370 e. The maximum Gasteiger partial charge on any atom is 0.158 e. The Morgan fingerprint density at radius 2 is 2.20 bits per heavy atom. The van der Waals surface area contributed by atoms with Crippen LogP contribution in [-0.4, -0.2) is 27.4 Å². The zero-order valence-corrected chi connectivity index (χ0v) is 9.31. The van der Waals surface area contributed by atoms with Gasteiger partial charge in [-0.25, -0.2) is 0 Å². The van der Waals surface area contributed by atoms with E-state index in [0.29, 0.717) is 18.6 Å². The van der Waals surface area contributed by atoms with Crippen molar-refractivity contribution in [2.45, 2.75) is 32.5 Å². The first-order valence-corrected chi connectivity index (χ1v) is 5.37. The van der Waals surface area contributed by atoms with Crippen molar-refractivity contribution in [1.82, 2.24) is 14.8 Å². The lowest BCUT2D eigenvalue weighted by atomic mass is 9.82. The van der Waals surface area contributed by atoms with Gasteiger partial charge < -0.3 is 15.0 Å². The highest BCUT2D eigenvalue weighted by molar-refractivity contribution is 4.91. The fraction of sp³-hybridized carbons (Fsp3) is 0.800. The summed E-state index contributed by atoms with van der Waals surface area (Å²) < 4.78 is 7.67. The lowest BCUT2D eigenvalue weighted by Gasteiger charge is -2.34. The Bertz CT molecular complexity index is 330. The molecule has 2 rings (SSSR count). The number of nitrogens with zero attached hydrogens (tertiary/aromatic N) is 3. The summed E-state index contributed by atoms with van der Waals surface area (Å²) in [6.07, 6.45) is 2.55. The molecule has 1 heterocycles. The summed E-state index contributed by atoms with van der Waals surface area (Å²) in [5.74, 6) is 2.47. The summed E-state index contributed by atoms with van der Waals surface area (Å²) in [5, 5.41) is 8.03. The minimum absolute atomic E-state index is 0.371. The molecular weight excluding hydrogens is 192 g/mol. The average molecular weight is 210 g/mol. The first-order valence-electron chi connectivity index (χ1n) is 5.37. The maximum absolute atomic E-state index is 5.71. The fourth-order valence-corrected chi connectivity index (χ4v) is 1.77. The standard InChI is InChI=1S/C10H18N4O/c1-7-12-13-10(14(7)2)6-15-9-3-8(4-9)5-11/h8-9H,3-6,11H2,1-2H3. The Morgan fingerprint density at radius 1 is 1.47 bits per heavy atom. The highest BCUT2D eigenvalue weighted by Gasteiger charge is 2.28. The largest absolute Gasteiger partial charge is 0.370 e. The Kier molecular flexibility index (Phi) is 3.02. The van der Waals surface area contributed by atoms with Crippen LogP contribution in [0, 0.1) is 12.8 Å². The predicted octanol–water partition coefficient (Wildman–Crippen LogP) is 0.377. The van der Waals surface area contributed by atoms with E-state index in [-0.39, 0.29) is 0 Å². The molecule has 2 N–H and O–H groups in total. The van der Waals surface area contributed by atoms with Crippen molar-refractivity contribution in [3.63, 3.8) is 0 Å². The van der Waals surface area contributed by atoms with Gasteiger partial charge in [-0.2, -0.15) is 0 Å². The summed E-state index contributed by atoms with van der Waals surface area (Å²) in [5.41, 5.74) is 5.55. The van der Waals surface area contributed by atoms with Crippen LogP contribution in [0.1, 0.15) is 24.5 Å². The Labute approximate surface area is 89.6 Å². The van der Waals surface area contributed by atoms with Crippen molar-refractivity contribution in [2.24, 2.45) is 18.7 Å². The molecule has 0 unspecified atom stereocenters. The smallest absolute Gasteiger partial charge is 0.158 e. The maximum atomic E-state index is 5.71. The summed E-state index contributed by atoms with van der Waals surface area (Å²) in [7, 11) is 1.96. The molecular formula is C10H18N4O. The number of rotatable bonds is 4. The van der Waals surface area contributed by atoms with Crippen molar-refractivity contribution in [2.75, 3.05) is 6.54 Å². The SMILES string of the molecule is Cc1nnc(COC2CC(CN)C2)n1C. The van der Waals surface area contributed by atoms with Gasteiger partial charge in [0.15, 0.2) is 5.82 Å². The van der Waals surface area contributed by atoms with Crippen LogP contribution in [0.25, 0.3) is 0 Å². The molecule has 0 aliphatic heterocycles. The Morgan fingerprint density at radius 3 is 2.73 bits per heavy atom. The lowest BCUT2D eigenvalue weighted by Crippen LogP contribution is -2.35. The molecule has 84 valence electrons. The number of hydrogen-bond acceptors (Lipinski definition) is 4. The van der Waals surface area contributed by atoms with E-state index in [2.05, 4.69) is 10.2 Å². The van der Waals surface area contributed by atoms with Crippen LogP contribution in [0.2, 0.25) is 0 Å². The van der Waals surface area contributed by atoms with E-state index in [1.165, 1.54) is 0 Å². The van der Waals surface area contributed by atoms with Crippen molar-refractivity contribution in [3.05, 3.63) is 11.6 Å². The molecule has 15 heavy (non-hydrogen) atoms. The van der Waals surface area contributed by atoms with Gasteiger partial charge in [-0.15, -0.1) is 10.2 Å². The summed E-state index contributed by atoms with van der Waals surface area (Å²) in [6.45, 7) is 3.27. The van der Waals surface area contributed by atoms with Gasteiger partial charge in [0.25, 0.3) is 0 Å². The van der Waals surface area contributed by atoms with E-state index in [1.807, 2.05) is 18.5 Å². The molecule has 5 heteroatoms. The van der Waals surface area contributed by atoms with Crippen LogP contribution >= 0.6 is 0 Å². The molecule has 1 aromatic heterocycles. The molecule has 1 fully saturated rings. The van der Waals surface area contributed by atoms with Gasteiger partial charge >= 0.3 is 0 Å². The minimum atomic E-state index is 0.371. The van der Waals surface area contributed by atoms with Gasteiger partial charge in [0.05, 0.1) is 6.10 Å². The van der Waals surface area contributed by atoms with Crippen LogP contribution in [0.4, 0.5) is 0 Å². The van der Waals surface area contributed by atoms with Crippen LogP contribution in [0.5, 0.6) is 0 Å². The molecule has 0 saturated heterocycles. The monoisotopic (exact) mass is 210 g/mol. The molecule has 0 radical (unpaired) electrons. The van der Waals surface area contributed by atoms with E-state index in [9.17, 15) is 0 Å². The average Bonchev–Trinajstić information content (AvgIpc) is 2.47. The third kappa shape index (κ3) is 2.18. The Hall–Kier alpha value is -0.940. The molecule has 0 aromatic carbocycles. The summed E-state index contributed by atoms with van der Waals surface area (Å²) >= 11 is 0. The number of aryl methyl sites for hydroxylation is 1. The van der Waals surface area contributed by atoms with Gasteiger partial charge in [-0.05, 0) is 32.2 Å². The quantitative estimate of drug-likeness (QED) is 0.780. The third-order valence-electron chi connectivity index (χ3n) is 3.16. The zero-order valence-electron chi connectivity index (χ0n) is 9.31. The van der Waals surface area contributed by atoms with E-state index in [0.717, 1.165) is 31.0 Å². The van der Waals surface area contributed by atoms with E-state index in [4.69, 9.17) is 10.5 Å². The molecule has 1 aliphatic carbocycles. The van der Waals surface area contributed by atoms with Crippen LogP contribution in [-0.2, 0) is 18.4 Å². The number of ether oxygens (including phenoxy) is 1. The molecule has 0 amide bonds. The molecule has 0 atom stereocenters. The predicted molar refractivity (Wildman–Crippen MR) is 56.1 cm³/mol. The fourth-order valence-electron chi connectivity index (χ4n) is 1.77. The van der Waals surface area contributed by atoms with Gasteiger partial charge in [-0.3, -0.25) is 0 Å². The molecule has 1 aliphatic rings. The van der Waals surface area contributed by atoms with Crippen molar-refractivity contribution >= 4 is 0 Å². The highest BCUT2D eigenvalue weighted by Crippen LogP contribution is 2.29. The molecule has 1 saturated carbocycles. The van der Waals surface area contributed by atoms with Gasteiger partial charge in [0.1, 0.15) is 12.4 Å². The lowest BCUT2D eigenvalue weighted by molar-refractivity contribution is -0.0408. The van der Waals surface area contributed by atoms with Crippen molar-refractivity contribution in [3.8, 4) is 0 Å². The second kappa shape index (κ2) is 4.28. The molecule has 0 spiro atoms. The summed E-state index contributed by atoms with van der Waals surface area (Å²) in [6, 6.07) is 0.